The van der Waals surface area contributed by atoms with Gasteiger partial charge in [-0.05, 0) is 49.9 Å². The highest BCUT2D eigenvalue weighted by atomic mass is 16.6. The molecule has 30 heavy (non-hydrogen) atoms. The quantitative estimate of drug-likeness (QED) is 0.261. The molecule has 156 valence electrons. The Labute approximate surface area is 175 Å². The number of aromatic nitrogens is 2. The molecule has 0 N–H and O–H groups in total. The molecule has 3 rings (SSSR count). The van der Waals surface area contributed by atoms with Gasteiger partial charge in [-0.3, -0.25) is 10.1 Å². The molecule has 0 aliphatic rings. The molecule has 1 aromatic heterocycles. The summed E-state index contributed by atoms with van der Waals surface area (Å²) in [6.45, 7) is 3.38. The minimum Gasteiger partial charge on any atom is -0.461 e. The van der Waals surface area contributed by atoms with Gasteiger partial charge in [0.25, 0.3) is 5.69 Å². The van der Waals surface area contributed by atoms with Crippen LogP contribution < -0.4 is 4.74 Å². The van der Waals surface area contributed by atoms with Gasteiger partial charge in [0, 0.05) is 30.0 Å². The average molecular weight is 407 g/mol. The predicted molar refractivity (Wildman–Crippen MR) is 115 cm³/mol. The summed E-state index contributed by atoms with van der Waals surface area (Å²) < 4.78 is 11.0. The van der Waals surface area contributed by atoms with Gasteiger partial charge in [0.1, 0.15) is 6.61 Å². The third-order valence-corrected chi connectivity index (χ3v) is 4.54. The molecular weight excluding hydrogens is 382 g/mol. The number of hydrogen-bond donors (Lipinski definition) is 0. The Balaban J connectivity index is 1.76. The lowest BCUT2D eigenvalue weighted by molar-refractivity contribution is -0.384. The topological polar surface area (TPSA) is 87.4 Å². The fourth-order valence-corrected chi connectivity index (χ4v) is 3.02. The Morgan fingerprint density at radius 2 is 1.73 bits per heavy atom. The third kappa shape index (κ3) is 6.35. The summed E-state index contributed by atoms with van der Waals surface area (Å²) in [5, 5.41) is 10.9. The molecule has 0 amide bonds. The van der Waals surface area contributed by atoms with Crippen molar-refractivity contribution in [3.8, 4) is 17.3 Å². The van der Waals surface area contributed by atoms with Crippen LogP contribution in [0.4, 0.5) is 5.69 Å². The Morgan fingerprint density at radius 3 is 2.43 bits per heavy atom. The van der Waals surface area contributed by atoms with E-state index >= 15 is 0 Å². The second kappa shape index (κ2) is 11.0. The van der Waals surface area contributed by atoms with Gasteiger partial charge < -0.3 is 9.47 Å². The average Bonchev–Trinajstić information content (AvgIpc) is 2.77. The molecule has 0 radical (unpaired) electrons. The van der Waals surface area contributed by atoms with E-state index in [2.05, 4.69) is 22.1 Å². The molecule has 0 aliphatic heterocycles. The van der Waals surface area contributed by atoms with Crippen LogP contribution in [-0.4, -0.2) is 34.7 Å². The van der Waals surface area contributed by atoms with E-state index < -0.39 is 4.92 Å². The van der Waals surface area contributed by atoms with Gasteiger partial charge in [0.05, 0.1) is 17.2 Å². The first-order valence-electron chi connectivity index (χ1n) is 10.0. The van der Waals surface area contributed by atoms with E-state index in [0.29, 0.717) is 31.5 Å². The molecule has 0 aliphatic carbocycles. The van der Waals surface area contributed by atoms with E-state index in [1.807, 2.05) is 31.2 Å². The second-order valence-corrected chi connectivity index (χ2v) is 6.72. The number of hydrogen-bond acceptors (Lipinski definition) is 6. The summed E-state index contributed by atoms with van der Waals surface area (Å²) in [7, 11) is 0. The molecule has 3 aromatic rings. The summed E-state index contributed by atoms with van der Waals surface area (Å²) in [6.07, 6.45) is 2.68. The summed E-state index contributed by atoms with van der Waals surface area (Å²) >= 11 is 0. The Morgan fingerprint density at radius 1 is 0.967 bits per heavy atom. The van der Waals surface area contributed by atoms with E-state index in [4.69, 9.17) is 9.47 Å². The van der Waals surface area contributed by atoms with Crippen LogP contribution in [0.3, 0.4) is 0 Å². The van der Waals surface area contributed by atoms with Gasteiger partial charge >= 0.3 is 6.01 Å². The number of nitrogens with zero attached hydrogens (tertiary/aromatic N) is 3. The first-order chi connectivity index (χ1) is 14.7. The number of ether oxygens (including phenoxy) is 2. The van der Waals surface area contributed by atoms with Gasteiger partial charge in [0.2, 0.25) is 0 Å². The Kier molecular flexibility index (Phi) is 7.86. The molecule has 0 atom stereocenters. The summed E-state index contributed by atoms with van der Waals surface area (Å²) in [5.74, 6) is 0. The van der Waals surface area contributed by atoms with Gasteiger partial charge in [-0.25, -0.2) is 4.98 Å². The lowest BCUT2D eigenvalue weighted by Crippen LogP contribution is -2.09. The molecular formula is C23H25N3O4. The third-order valence-electron chi connectivity index (χ3n) is 4.54. The number of benzene rings is 2. The van der Waals surface area contributed by atoms with Crippen molar-refractivity contribution in [3.63, 3.8) is 0 Å². The smallest absolute Gasteiger partial charge is 0.317 e. The van der Waals surface area contributed by atoms with Crippen molar-refractivity contribution in [2.45, 2.75) is 26.2 Å². The molecule has 1 heterocycles. The maximum absolute atomic E-state index is 10.9. The van der Waals surface area contributed by atoms with Crippen molar-refractivity contribution in [2.75, 3.05) is 19.8 Å². The first kappa shape index (κ1) is 21.4. The number of aryl methyl sites for hydroxylation is 2. The zero-order valence-electron chi connectivity index (χ0n) is 17.0. The summed E-state index contributed by atoms with van der Waals surface area (Å²) in [6, 6.07) is 18.9. The zero-order valence-corrected chi connectivity index (χ0v) is 17.0. The van der Waals surface area contributed by atoms with Gasteiger partial charge in [-0.1, -0.05) is 30.3 Å². The van der Waals surface area contributed by atoms with Crippen LogP contribution in [0.2, 0.25) is 0 Å². The van der Waals surface area contributed by atoms with Crippen LogP contribution in [-0.2, 0) is 17.6 Å². The lowest BCUT2D eigenvalue weighted by Gasteiger charge is -2.10. The molecule has 0 saturated heterocycles. The maximum Gasteiger partial charge on any atom is 0.317 e. The summed E-state index contributed by atoms with van der Waals surface area (Å²) in [5.41, 5.74) is 3.67. The monoisotopic (exact) mass is 407 g/mol. The Bertz CT molecular complexity index is 946. The van der Waals surface area contributed by atoms with Crippen LogP contribution >= 0.6 is 0 Å². The molecule has 7 heteroatoms. The van der Waals surface area contributed by atoms with Crippen molar-refractivity contribution in [1.82, 2.24) is 9.97 Å². The fourth-order valence-electron chi connectivity index (χ4n) is 3.02. The minimum absolute atomic E-state index is 0.0454. The minimum atomic E-state index is -0.416. The van der Waals surface area contributed by atoms with Crippen LogP contribution in [0.15, 0.2) is 60.7 Å². The largest absolute Gasteiger partial charge is 0.461 e. The second-order valence-electron chi connectivity index (χ2n) is 6.72. The molecule has 2 aromatic carbocycles. The normalized spacial score (nSPS) is 10.7. The first-order valence-corrected chi connectivity index (χ1v) is 10.0. The summed E-state index contributed by atoms with van der Waals surface area (Å²) in [4.78, 5) is 19.5. The van der Waals surface area contributed by atoms with Gasteiger partial charge in [0.15, 0.2) is 0 Å². The highest BCUT2D eigenvalue weighted by molar-refractivity contribution is 5.61. The number of non-ortho nitro benzene ring substituents is 1. The number of rotatable bonds is 11. The van der Waals surface area contributed by atoms with Crippen molar-refractivity contribution in [1.29, 1.82) is 0 Å². The Hall–Kier alpha value is -3.32. The van der Waals surface area contributed by atoms with Crippen LogP contribution in [0.1, 0.15) is 24.6 Å². The van der Waals surface area contributed by atoms with E-state index in [9.17, 15) is 10.1 Å². The zero-order chi connectivity index (χ0) is 21.2. The van der Waals surface area contributed by atoms with Gasteiger partial charge in [-0.15, -0.1) is 0 Å². The molecule has 0 spiro atoms. The van der Waals surface area contributed by atoms with Crippen molar-refractivity contribution in [3.05, 3.63) is 82.0 Å². The van der Waals surface area contributed by atoms with Gasteiger partial charge in [-0.2, -0.15) is 4.98 Å². The van der Waals surface area contributed by atoms with E-state index in [1.165, 1.54) is 17.7 Å². The fraction of sp³-hybridized carbons (Fsp3) is 0.304. The van der Waals surface area contributed by atoms with E-state index in [1.54, 1.807) is 12.1 Å². The van der Waals surface area contributed by atoms with Crippen LogP contribution in [0, 0.1) is 10.1 Å². The van der Waals surface area contributed by atoms with E-state index in [-0.39, 0.29) is 5.69 Å². The molecule has 0 bridgehead atoms. The predicted octanol–water partition coefficient (Wildman–Crippen LogP) is 4.64. The van der Waals surface area contributed by atoms with E-state index in [0.717, 1.165) is 30.5 Å². The van der Waals surface area contributed by atoms with Crippen molar-refractivity contribution < 1.29 is 14.4 Å². The molecule has 7 nitrogen and oxygen atoms in total. The standard InChI is InChI=1S/C23H25N3O4/c1-2-29-15-16-30-23-24-20(10-6-9-18-7-4-3-5-8-18)17-22(25-23)19-11-13-21(14-12-19)26(27)28/h3-5,7-8,11-14,17H,2,6,9-10,15-16H2,1H3. The van der Waals surface area contributed by atoms with Crippen LogP contribution in [0.25, 0.3) is 11.3 Å². The highest BCUT2D eigenvalue weighted by Crippen LogP contribution is 2.23. The lowest BCUT2D eigenvalue weighted by atomic mass is 10.1. The maximum atomic E-state index is 10.9. The number of nitro benzene ring substituents is 1. The van der Waals surface area contributed by atoms with Crippen molar-refractivity contribution >= 4 is 5.69 Å². The molecule has 0 unspecified atom stereocenters. The van der Waals surface area contributed by atoms with Crippen molar-refractivity contribution in [2.24, 2.45) is 0 Å². The SMILES string of the molecule is CCOCCOc1nc(CCCc2ccccc2)cc(-c2ccc([N+](=O)[O-])cc2)n1. The molecule has 0 fully saturated rings. The highest BCUT2D eigenvalue weighted by Gasteiger charge is 2.11. The van der Waals surface area contributed by atoms with Crippen LogP contribution in [0.5, 0.6) is 6.01 Å². The number of nitro groups is 1. The molecule has 0 saturated carbocycles.